The van der Waals surface area contributed by atoms with Crippen molar-refractivity contribution < 1.29 is 9.53 Å². The highest BCUT2D eigenvalue weighted by Gasteiger charge is 2.33. The van der Waals surface area contributed by atoms with Gasteiger partial charge in [-0.15, -0.1) is 0 Å². The van der Waals surface area contributed by atoms with Crippen LogP contribution in [-0.2, 0) is 9.53 Å². The van der Waals surface area contributed by atoms with Gasteiger partial charge < -0.3 is 4.74 Å². The number of ether oxygens (including phenoxy) is 1. The Bertz CT molecular complexity index is 411. The average molecular weight is 217 g/mol. The molecular formula is C13H15NO2. The number of carbonyl (C=O) groups excluding carboxylic acids is 1. The normalized spacial score (nSPS) is 21.5. The highest BCUT2D eigenvalue weighted by atomic mass is 16.6. The van der Waals surface area contributed by atoms with Crippen molar-refractivity contribution in [1.82, 2.24) is 0 Å². The molecule has 2 atom stereocenters. The second-order valence-corrected chi connectivity index (χ2v) is 4.05. The second-order valence-electron chi connectivity index (χ2n) is 4.05. The topological polar surface area (TPSA) is 38.7 Å². The number of carbonyl (C=O) groups is 1. The number of hydrogen-bond acceptors (Lipinski definition) is 3. The molecule has 0 saturated carbocycles. The van der Waals surface area contributed by atoms with Gasteiger partial charge in [-0.05, 0) is 18.1 Å². The molecule has 3 heteroatoms. The molecule has 1 heterocycles. The first-order valence-corrected chi connectivity index (χ1v) is 5.57. The maximum atomic E-state index is 11.6. The average Bonchev–Trinajstić information content (AvgIpc) is 2.71. The fraction of sp³-hybridized carbons (Fsp3) is 0.385. The Morgan fingerprint density at radius 2 is 2.06 bits per heavy atom. The Labute approximate surface area is 95.2 Å². The lowest BCUT2D eigenvalue weighted by molar-refractivity contribution is -0.135. The Morgan fingerprint density at radius 3 is 2.69 bits per heavy atom. The van der Waals surface area contributed by atoms with E-state index in [0.29, 0.717) is 5.90 Å². The van der Waals surface area contributed by atoms with Crippen molar-refractivity contribution in [2.45, 2.75) is 26.3 Å². The summed E-state index contributed by atoms with van der Waals surface area (Å²) >= 11 is 0. The zero-order valence-electron chi connectivity index (χ0n) is 9.51. The zero-order valence-corrected chi connectivity index (χ0v) is 9.51. The van der Waals surface area contributed by atoms with E-state index >= 15 is 0 Å². The van der Waals surface area contributed by atoms with Crippen molar-refractivity contribution in [3.8, 4) is 0 Å². The van der Waals surface area contributed by atoms with Crippen LogP contribution in [0, 0.1) is 5.92 Å². The van der Waals surface area contributed by atoms with Crippen LogP contribution in [0.3, 0.4) is 0 Å². The Hall–Kier alpha value is -1.64. The van der Waals surface area contributed by atoms with Crippen LogP contribution >= 0.6 is 0 Å². The summed E-state index contributed by atoms with van der Waals surface area (Å²) in [5.74, 6) is 0.456. The maximum Gasteiger partial charge on any atom is 0.338 e. The summed E-state index contributed by atoms with van der Waals surface area (Å²) in [6.45, 7) is 4.07. The summed E-state index contributed by atoms with van der Waals surface area (Å²) in [7, 11) is 0. The summed E-state index contributed by atoms with van der Waals surface area (Å²) in [6.07, 6.45) is 0.922. The van der Waals surface area contributed by atoms with Gasteiger partial charge in [0.1, 0.15) is 0 Å². The molecule has 0 bridgehead atoms. The number of hydrogen-bond donors (Lipinski definition) is 0. The molecule has 1 aliphatic heterocycles. The van der Waals surface area contributed by atoms with Gasteiger partial charge in [0, 0.05) is 5.56 Å². The molecule has 0 N–H and O–H groups in total. The largest absolute Gasteiger partial charge is 0.406 e. The van der Waals surface area contributed by atoms with Crippen molar-refractivity contribution in [2.75, 3.05) is 0 Å². The summed E-state index contributed by atoms with van der Waals surface area (Å²) < 4.78 is 5.19. The molecule has 1 aromatic carbocycles. The summed E-state index contributed by atoms with van der Waals surface area (Å²) in [5, 5.41) is 0. The molecule has 0 amide bonds. The van der Waals surface area contributed by atoms with Gasteiger partial charge in [0.25, 0.3) is 0 Å². The van der Waals surface area contributed by atoms with Crippen molar-refractivity contribution in [2.24, 2.45) is 10.9 Å². The van der Waals surface area contributed by atoms with E-state index in [9.17, 15) is 4.79 Å². The summed E-state index contributed by atoms with van der Waals surface area (Å²) in [6, 6.07) is 9.19. The lowest BCUT2D eigenvalue weighted by atomic mass is 10.0. The minimum absolute atomic E-state index is 0.229. The highest BCUT2D eigenvalue weighted by molar-refractivity contribution is 6.06. The van der Waals surface area contributed by atoms with E-state index in [1.165, 1.54) is 0 Å². The fourth-order valence-electron chi connectivity index (χ4n) is 1.66. The molecule has 0 fully saturated rings. The molecule has 0 saturated heterocycles. The van der Waals surface area contributed by atoms with E-state index in [-0.39, 0.29) is 17.9 Å². The number of esters is 1. The van der Waals surface area contributed by atoms with Crippen molar-refractivity contribution in [3.05, 3.63) is 35.9 Å². The van der Waals surface area contributed by atoms with Gasteiger partial charge >= 0.3 is 5.97 Å². The Morgan fingerprint density at radius 1 is 1.38 bits per heavy atom. The van der Waals surface area contributed by atoms with Gasteiger partial charge in [0.05, 0.1) is 0 Å². The first-order chi connectivity index (χ1) is 7.72. The van der Waals surface area contributed by atoms with E-state index in [1.54, 1.807) is 0 Å². The molecular weight excluding hydrogens is 202 g/mol. The van der Waals surface area contributed by atoms with E-state index in [1.807, 2.05) is 44.2 Å². The number of cyclic esters (lactones) is 1. The van der Waals surface area contributed by atoms with Gasteiger partial charge in [-0.2, -0.15) is 0 Å². The lowest BCUT2D eigenvalue weighted by Gasteiger charge is -2.09. The smallest absolute Gasteiger partial charge is 0.338 e. The predicted octanol–water partition coefficient (Wildman–Crippen LogP) is 2.40. The summed E-state index contributed by atoms with van der Waals surface area (Å²) in [5.41, 5.74) is 0.863. The van der Waals surface area contributed by atoms with E-state index < -0.39 is 0 Å². The first-order valence-electron chi connectivity index (χ1n) is 5.57. The van der Waals surface area contributed by atoms with Gasteiger partial charge in [-0.25, -0.2) is 9.79 Å². The van der Waals surface area contributed by atoms with Gasteiger partial charge in [-0.3, -0.25) is 0 Å². The molecule has 2 unspecified atom stereocenters. The molecule has 1 aliphatic rings. The molecule has 3 nitrogen and oxygen atoms in total. The second kappa shape index (κ2) is 4.47. The SMILES string of the molecule is CCC(C)C1N=C(c2ccccc2)OC1=O. The predicted molar refractivity (Wildman–Crippen MR) is 62.3 cm³/mol. The molecule has 0 aromatic heterocycles. The zero-order chi connectivity index (χ0) is 11.5. The summed E-state index contributed by atoms with van der Waals surface area (Å²) in [4.78, 5) is 16.0. The number of nitrogens with zero attached hydrogens (tertiary/aromatic N) is 1. The van der Waals surface area contributed by atoms with Crippen LogP contribution < -0.4 is 0 Å². The van der Waals surface area contributed by atoms with Gasteiger partial charge in [-0.1, -0.05) is 38.5 Å². The van der Waals surface area contributed by atoms with Crippen LogP contribution in [0.25, 0.3) is 0 Å². The molecule has 16 heavy (non-hydrogen) atoms. The first kappa shape index (κ1) is 10.9. The molecule has 1 aromatic rings. The maximum absolute atomic E-state index is 11.6. The number of benzene rings is 1. The monoisotopic (exact) mass is 217 g/mol. The molecule has 0 spiro atoms. The van der Waals surface area contributed by atoms with Crippen LogP contribution in [0.2, 0.25) is 0 Å². The third kappa shape index (κ3) is 1.98. The van der Waals surface area contributed by atoms with E-state index in [4.69, 9.17) is 4.74 Å². The van der Waals surface area contributed by atoms with Crippen molar-refractivity contribution >= 4 is 11.9 Å². The minimum Gasteiger partial charge on any atom is -0.406 e. The highest BCUT2D eigenvalue weighted by Crippen LogP contribution is 2.20. The Kier molecular flexibility index (Phi) is 3.04. The van der Waals surface area contributed by atoms with Gasteiger partial charge in [0.15, 0.2) is 6.04 Å². The van der Waals surface area contributed by atoms with Crippen molar-refractivity contribution in [3.63, 3.8) is 0 Å². The number of rotatable bonds is 3. The third-order valence-electron chi connectivity index (χ3n) is 2.90. The van der Waals surface area contributed by atoms with Crippen LogP contribution in [0.5, 0.6) is 0 Å². The minimum atomic E-state index is -0.333. The van der Waals surface area contributed by atoms with Crippen LogP contribution in [0.1, 0.15) is 25.8 Å². The fourth-order valence-corrected chi connectivity index (χ4v) is 1.66. The number of aliphatic imine (C=N–C) groups is 1. The van der Waals surface area contributed by atoms with Crippen molar-refractivity contribution in [1.29, 1.82) is 0 Å². The molecule has 84 valence electrons. The standard InChI is InChI=1S/C13H15NO2/c1-3-9(2)11-13(15)16-12(14-11)10-7-5-4-6-8-10/h4-9,11H,3H2,1-2H3. The van der Waals surface area contributed by atoms with E-state index in [0.717, 1.165) is 12.0 Å². The molecule has 0 radical (unpaired) electrons. The van der Waals surface area contributed by atoms with E-state index in [2.05, 4.69) is 4.99 Å². The molecule has 2 rings (SSSR count). The lowest BCUT2D eigenvalue weighted by Crippen LogP contribution is -2.22. The third-order valence-corrected chi connectivity index (χ3v) is 2.90. The van der Waals surface area contributed by atoms with Crippen LogP contribution in [0.15, 0.2) is 35.3 Å². The van der Waals surface area contributed by atoms with Gasteiger partial charge in [0.2, 0.25) is 5.90 Å². The Balaban J connectivity index is 2.23. The van der Waals surface area contributed by atoms with Crippen LogP contribution in [-0.4, -0.2) is 17.9 Å². The quantitative estimate of drug-likeness (QED) is 0.729. The molecule has 0 aliphatic carbocycles. The van der Waals surface area contributed by atoms with Crippen LogP contribution in [0.4, 0.5) is 0 Å².